The zero-order valence-corrected chi connectivity index (χ0v) is 11.4. The fraction of sp³-hybridized carbons (Fsp3) is 0.643. The molecule has 0 aliphatic rings. The van der Waals surface area contributed by atoms with E-state index in [2.05, 4.69) is 17.5 Å². The van der Waals surface area contributed by atoms with Gasteiger partial charge in [0, 0.05) is 11.3 Å². The molecule has 96 valence electrons. The Hall–Kier alpha value is -0.830. The van der Waals surface area contributed by atoms with Crippen molar-refractivity contribution in [2.24, 2.45) is 0 Å². The van der Waals surface area contributed by atoms with E-state index in [1.54, 1.807) is 0 Å². The number of aryl methyl sites for hydroxylation is 1. The van der Waals surface area contributed by atoms with Crippen LogP contribution in [-0.2, 0) is 16.0 Å². The second-order valence-electron chi connectivity index (χ2n) is 4.21. The summed E-state index contributed by atoms with van der Waals surface area (Å²) in [5, 5.41) is 2.12. The zero-order valence-electron chi connectivity index (χ0n) is 10.6. The van der Waals surface area contributed by atoms with Crippen LogP contribution in [0.3, 0.4) is 0 Å². The van der Waals surface area contributed by atoms with Crippen LogP contribution in [0.4, 0.5) is 0 Å². The van der Waals surface area contributed by atoms with E-state index in [1.165, 1.54) is 24.1 Å². The molecule has 1 aromatic heterocycles. The van der Waals surface area contributed by atoms with Crippen molar-refractivity contribution < 1.29 is 9.53 Å². The van der Waals surface area contributed by atoms with Gasteiger partial charge in [-0.15, -0.1) is 11.3 Å². The van der Waals surface area contributed by atoms with E-state index in [4.69, 9.17) is 4.74 Å². The largest absolute Gasteiger partial charge is 0.466 e. The molecule has 0 radical (unpaired) electrons. The third-order valence-electron chi connectivity index (χ3n) is 2.60. The standard InChI is InChI=1S/C14H22O2S/c1-2-11-16-14(15)10-6-4-3-5-8-13-9-7-12-17-13/h7,9,12H,2-6,8,10-11H2,1H3. The highest BCUT2D eigenvalue weighted by atomic mass is 32.1. The van der Waals surface area contributed by atoms with Gasteiger partial charge in [0.2, 0.25) is 0 Å². The molecule has 0 atom stereocenters. The van der Waals surface area contributed by atoms with Gasteiger partial charge in [-0.3, -0.25) is 4.79 Å². The molecular weight excluding hydrogens is 232 g/mol. The molecule has 1 rings (SSSR count). The second-order valence-corrected chi connectivity index (χ2v) is 5.25. The first-order chi connectivity index (χ1) is 8.33. The van der Waals surface area contributed by atoms with Gasteiger partial charge >= 0.3 is 5.97 Å². The lowest BCUT2D eigenvalue weighted by Gasteiger charge is -2.02. The first-order valence-electron chi connectivity index (χ1n) is 6.51. The quantitative estimate of drug-likeness (QED) is 0.488. The summed E-state index contributed by atoms with van der Waals surface area (Å²) in [6.07, 6.45) is 7.20. The van der Waals surface area contributed by atoms with Crippen molar-refractivity contribution in [2.45, 2.75) is 51.9 Å². The zero-order chi connectivity index (χ0) is 12.3. The van der Waals surface area contributed by atoms with Crippen molar-refractivity contribution in [1.82, 2.24) is 0 Å². The second kappa shape index (κ2) is 9.23. The van der Waals surface area contributed by atoms with E-state index < -0.39 is 0 Å². The molecule has 0 fully saturated rings. The van der Waals surface area contributed by atoms with Gasteiger partial charge in [-0.1, -0.05) is 25.8 Å². The monoisotopic (exact) mass is 254 g/mol. The molecular formula is C14H22O2S. The molecule has 0 amide bonds. The van der Waals surface area contributed by atoms with Gasteiger partial charge in [0.05, 0.1) is 6.61 Å². The first-order valence-corrected chi connectivity index (χ1v) is 7.39. The highest BCUT2D eigenvalue weighted by Gasteiger charge is 2.01. The lowest BCUT2D eigenvalue weighted by Crippen LogP contribution is -2.04. The number of thiophene rings is 1. The third kappa shape index (κ3) is 7.16. The first kappa shape index (κ1) is 14.2. The summed E-state index contributed by atoms with van der Waals surface area (Å²) in [6, 6.07) is 4.29. The average Bonchev–Trinajstić information content (AvgIpc) is 2.84. The fourth-order valence-corrected chi connectivity index (χ4v) is 2.42. The summed E-state index contributed by atoms with van der Waals surface area (Å²) in [4.78, 5) is 12.7. The van der Waals surface area contributed by atoms with Gasteiger partial charge in [0.25, 0.3) is 0 Å². The maximum atomic E-state index is 11.2. The predicted molar refractivity (Wildman–Crippen MR) is 72.4 cm³/mol. The number of ether oxygens (including phenoxy) is 1. The Morgan fingerprint density at radius 1 is 1.29 bits per heavy atom. The van der Waals surface area contributed by atoms with Gasteiger partial charge in [-0.2, -0.15) is 0 Å². The summed E-state index contributed by atoms with van der Waals surface area (Å²) in [7, 11) is 0. The maximum absolute atomic E-state index is 11.2. The Bertz CT molecular complexity index is 293. The molecule has 2 nitrogen and oxygen atoms in total. The van der Waals surface area contributed by atoms with Crippen LogP contribution >= 0.6 is 11.3 Å². The van der Waals surface area contributed by atoms with Crippen molar-refractivity contribution in [2.75, 3.05) is 6.61 Å². The predicted octanol–water partition coefficient (Wildman–Crippen LogP) is 4.19. The van der Waals surface area contributed by atoms with Crippen LogP contribution in [0.1, 0.15) is 50.3 Å². The van der Waals surface area contributed by atoms with Crippen LogP contribution in [-0.4, -0.2) is 12.6 Å². The summed E-state index contributed by atoms with van der Waals surface area (Å²) >= 11 is 1.83. The minimum Gasteiger partial charge on any atom is -0.466 e. The van der Waals surface area contributed by atoms with Crippen LogP contribution in [0.15, 0.2) is 17.5 Å². The van der Waals surface area contributed by atoms with Crippen molar-refractivity contribution in [1.29, 1.82) is 0 Å². The topological polar surface area (TPSA) is 26.3 Å². The lowest BCUT2D eigenvalue weighted by molar-refractivity contribution is -0.143. The smallest absolute Gasteiger partial charge is 0.305 e. The average molecular weight is 254 g/mol. The third-order valence-corrected chi connectivity index (χ3v) is 3.54. The highest BCUT2D eigenvalue weighted by molar-refractivity contribution is 7.09. The summed E-state index contributed by atoms with van der Waals surface area (Å²) in [5.41, 5.74) is 0. The molecule has 0 bridgehead atoms. The minimum absolute atomic E-state index is 0.0369. The molecule has 0 spiro atoms. The van der Waals surface area contributed by atoms with Crippen molar-refractivity contribution in [3.05, 3.63) is 22.4 Å². The van der Waals surface area contributed by atoms with Crippen LogP contribution in [0.25, 0.3) is 0 Å². The van der Waals surface area contributed by atoms with E-state index in [0.29, 0.717) is 13.0 Å². The molecule has 0 saturated heterocycles. The summed E-state index contributed by atoms with van der Waals surface area (Å²) in [5.74, 6) is -0.0369. The number of carbonyl (C=O) groups is 1. The molecule has 0 aliphatic heterocycles. The normalized spacial score (nSPS) is 10.4. The van der Waals surface area contributed by atoms with Crippen LogP contribution in [0, 0.1) is 0 Å². The minimum atomic E-state index is -0.0369. The van der Waals surface area contributed by atoms with Gasteiger partial charge in [0.1, 0.15) is 0 Å². The lowest BCUT2D eigenvalue weighted by atomic mass is 10.1. The van der Waals surface area contributed by atoms with E-state index in [9.17, 15) is 4.79 Å². The number of hydrogen-bond acceptors (Lipinski definition) is 3. The van der Waals surface area contributed by atoms with E-state index in [-0.39, 0.29) is 5.97 Å². The Labute approximate surface area is 108 Å². The maximum Gasteiger partial charge on any atom is 0.305 e. The fourth-order valence-electron chi connectivity index (χ4n) is 1.67. The molecule has 0 aromatic carbocycles. The number of esters is 1. The van der Waals surface area contributed by atoms with Gasteiger partial charge in [0.15, 0.2) is 0 Å². The Morgan fingerprint density at radius 3 is 2.82 bits per heavy atom. The van der Waals surface area contributed by atoms with Gasteiger partial charge in [-0.25, -0.2) is 0 Å². The molecule has 0 N–H and O–H groups in total. The van der Waals surface area contributed by atoms with E-state index in [1.807, 2.05) is 18.3 Å². The van der Waals surface area contributed by atoms with Crippen molar-refractivity contribution >= 4 is 17.3 Å². The summed E-state index contributed by atoms with van der Waals surface area (Å²) < 4.78 is 5.02. The summed E-state index contributed by atoms with van der Waals surface area (Å²) in [6.45, 7) is 2.58. The highest BCUT2D eigenvalue weighted by Crippen LogP contribution is 2.13. The van der Waals surface area contributed by atoms with Gasteiger partial charge < -0.3 is 4.74 Å². The number of unbranched alkanes of at least 4 members (excludes halogenated alkanes) is 3. The van der Waals surface area contributed by atoms with Crippen LogP contribution < -0.4 is 0 Å². The molecule has 1 aromatic rings. The number of rotatable bonds is 9. The Kier molecular flexibility index (Phi) is 7.72. The molecule has 3 heteroatoms. The molecule has 0 saturated carbocycles. The number of hydrogen-bond donors (Lipinski definition) is 0. The molecule has 17 heavy (non-hydrogen) atoms. The Balaban J connectivity index is 1.89. The van der Waals surface area contributed by atoms with E-state index in [0.717, 1.165) is 19.3 Å². The number of carbonyl (C=O) groups excluding carboxylic acids is 1. The van der Waals surface area contributed by atoms with Crippen LogP contribution in [0.2, 0.25) is 0 Å². The van der Waals surface area contributed by atoms with Gasteiger partial charge in [-0.05, 0) is 37.1 Å². The Morgan fingerprint density at radius 2 is 2.12 bits per heavy atom. The van der Waals surface area contributed by atoms with Crippen LogP contribution in [0.5, 0.6) is 0 Å². The SMILES string of the molecule is CCCOC(=O)CCCCCCc1cccs1. The van der Waals surface area contributed by atoms with E-state index >= 15 is 0 Å². The van der Waals surface area contributed by atoms with Crippen molar-refractivity contribution in [3.8, 4) is 0 Å². The molecule has 1 heterocycles. The van der Waals surface area contributed by atoms with Crippen molar-refractivity contribution in [3.63, 3.8) is 0 Å². The molecule has 0 unspecified atom stereocenters. The molecule has 0 aliphatic carbocycles.